The van der Waals surface area contributed by atoms with E-state index < -0.39 is 60.3 Å². The first-order valence-corrected chi connectivity index (χ1v) is 19.7. The van der Waals surface area contributed by atoms with Crippen molar-refractivity contribution < 1.29 is 28.7 Å². The summed E-state index contributed by atoms with van der Waals surface area (Å²) in [6, 6.07) is 5.59. The number of nitrogens with zero attached hydrogens (tertiary/aromatic N) is 4. The number of carbonyl (C=O) groups excluding carboxylic acids is 4. The molecule has 6 rings (SSSR count). The molecular formula is C37H46N8O6S2. The summed E-state index contributed by atoms with van der Waals surface area (Å²) in [5, 5.41) is 16.5. The highest BCUT2D eigenvalue weighted by atomic mass is 32.1. The maximum atomic E-state index is 14.0. The van der Waals surface area contributed by atoms with Crippen LogP contribution in [0.2, 0.25) is 0 Å². The van der Waals surface area contributed by atoms with Gasteiger partial charge in [0.05, 0.1) is 12.1 Å². The van der Waals surface area contributed by atoms with Crippen LogP contribution in [0, 0.1) is 11.8 Å². The summed E-state index contributed by atoms with van der Waals surface area (Å²) in [7, 11) is 0. The Bertz CT molecular complexity index is 1890. The highest BCUT2D eigenvalue weighted by Crippen LogP contribution is 2.27. The van der Waals surface area contributed by atoms with Crippen molar-refractivity contribution in [1.29, 1.82) is 0 Å². The molecule has 1 aromatic carbocycles. The van der Waals surface area contributed by atoms with E-state index in [0.717, 1.165) is 5.56 Å². The van der Waals surface area contributed by atoms with E-state index >= 15 is 0 Å². The van der Waals surface area contributed by atoms with Crippen LogP contribution in [0.4, 0.5) is 0 Å². The number of rotatable bonds is 5. The van der Waals surface area contributed by atoms with E-state index in [1.165, 1.54) is 22.7 Å². The first kappa shape index (κ1) is 38.0. The number of amides is 4. The molecule has 282 valence electrons. The Kier molecular flexibility index (Phi) is 11.6. The number of thiazole rings is 2. The van der Waals surface area contributed by atoms with Gasteiger partial charge >= 0.3 is 0 Å². The zero-order chi connectivity index (χ0) is 38.0. The van der Waals surface area contributed by atoms with Gasteiger partial charge in [-0.05, 0) is 44.6 Å². The van der Waals surface area contributed by atoms with E-state index in [1.807, 2.05) is 58.0 Å². The second-order valence-electron chi connectivity index (χ2n) is 14.1. The molecule has 0 aliphatic carbocycles. The highest BCUT2D eigenvalue weighted by Gasteiger charge is 2.41. The molecule has 8 bridgehead atoms. The lowest BCUT2D eigenvalue weighted by atomic mass is 9.98. The summed E-state index contributed by atoms with van der Waals surface area (Å²) < 4.78 is 12.2. The zero-order valence-electron chi connectivity index (χ0n) is 30.8. The van der Waals surface area contributed by atoms with Crippen LogP contribution in [0.3, 0.4) is 0 Å². The molecule has 3 aliphatic rings. The van der Waals surface area contributed by atoms with E-state index in [1.54, 1.807) is 31.5 Å². The van der Waals surface area contributed by atoms with Crippen LogP contribution >= 0.6 is 22.7 Å². The Morgan fingerprint density at radius 3 is 1.83 bits per heavy atom. The predicted molar refractivity (Wildman–Crippen MR) is 202 cm³/mol. The molecule has 3 aliphatic heterocycles. The predicted octanol–water partition coefficient (Wildman–Crippen LogP) is 4.16. The van der Waals surface area contributed by atoms with Gasteiger partial charge in [-0.25, -0.2) is 20.0 Å². The fourth-order valence-electron chi connectivity index (χ4n) is 6.34. The third kappa shape index (κ3) is 8.43. The summed E-state index contributed by atoms with van der Waals surface area (Å²) in [6.07, 6.45) is -0.0741. The summed E-state index contributed by atoms with van der Waals surface area (Å²) in [6.45, 7) is 13.1. The topological polar surface area (TPSA) is 185 Å². The normalized spacial score (nSPS) is 28.7. The number of ether oxygens (including phenoxy) is 2. The number of carbonyl (C=O) groups is 4. The fourth-order valence-corrected chi connectivity index (χ4v) is 8.00. The van der Waals surface area contributed by atoms with Crippen molar-refractivity contribution in [1.82, 2.24) is 31.2 Å². The van der Waals surface area contributed by atoms with Gasteiger partial charge in [-0.15, -0.1) is 22.7 Å². The van der Waals surface area contributed by atoms with E-state index in [4.69, 9.17) is 19.5 Å². The Morgan fingerprint density at radius 2 is 1.25 bits per heavy atom. The molecule has 0 fully saturated rings. The lowest BCUT2D eigenvalue weighted by Crippen LogP contribution is -2.45. The number of hydrogen-bond donors (Lipinski definition) is 4. The number of hydrogen-bond acceptors (Lipinski definition) is 12. The van der Waals surface area contributed by atoms with Crippen LogP contribution in [-0.2, 0) is 25.5 Å². The highest BCUT2D eigenvalue weighted by molar-refractivity contribution is 7.10. The van der Waals surface area contributed by atoms with Gasteiger partial charge in [-0.3, -0.25) is 19.2 Å². The molecule has 16 heteroatoms. The fraction of sp³-hybridized carbons (Fsp3) is 0.514. The monoisotopic (exact) mass is 762 g/mol. The molecule has 9 atom stereocenters. The SMILES string of the molecule is CC[C@@H](C)[C@H]1NC(=O)c2csc(n2)[C@@H](C)NC(=O)[C@@H]2N=C(O[C@@H]2C)[C@@H](C(C)C)NC(=O)c2csc(n2)[C@H](Cc2ccccc2)NC(=O)[C@H]2N=C1O[C@@H]2C. The number of benzene rings is 1. The van der Waals surface area contributed by atoms with Crippen LogP contribution in [-0.4, -0.2) is 81.8 Å². The van der Waals surface area contributed by atoms with Crippen LogP contribution in [0.1, 0.15) is 104 Å². The first-order valence-electron chi connectivity index (χ1n) is 18.0. The van der Waals surface area contributed by atoms with Crippen molar-refractivity contribution in [2.45, 2.75) is 110 Å². The average Bonchev–Trinajstić information content (AvgIpc) is 3.95. The summed E-state index contributed by atoms with van der Waals surface area (Å²) in [5.41, 5.74) is 1.34. The summed E-state index contributed by atoms with van der Waals surface area (Å²) in [4.78, 5) is 73.3. The Balaban J connectivity index is 1.37. The molecule has 4 amide bonds. The number of nitrogens with one attached hydrogen (secondary N) is 4. The minimum Gasteiger partial charge on any atom is -0.474 e. The number of aromatic nitrogens is 2. The Labute approximate surface area is 316 Å². The molecule has 0 spiro atoms. The molecule has 3 aromatic rings. The van der Waals surface area contributed by atoms with Gasteiger partial charge in [0.1, 0.15) is 45.7 Å². The van der Waals surface area contributed by atoms with Gasteiger partial charge in [0.25, 0.3) is 11.8 Å². The van der Waals surface area contributed by atoms with E-state index in [9.17, 15) is 19.2 Å². The van der Waals surface area contributed by atoms with Gasteiger partial charge in [-0.1, -0.05) is 64.4 Å². The quantitative estimate of drug-likeness (QED) is 0.299. The molecule has 5 heterocycles. The maximum Gasteiger partial charge on any atom is 0.271 e. The standard InChI is InChI=1S/C37H46N8O6S2/c1-8-18(4)27-35-45-29(21(7)51-35)33(49)39-23(14-22-12-10-9-11-13-22)37-41-25(16-53-37)30(46)42-26(17(2)3)34-44-28(20(6)50-34)32(48)38-19(5)36-40-24(15-52-36)31(47)43-27/h9-13,15-21,23,26-29H,8,14H2,1-7H3,(H,38,48)(H,39,49)(H,42,46)(H,43,47)/t18-,19-,20-,21-,23+,26-,27-,28-,29+/m1/s1. The third-order valence-electron chi connectivity index (χ3n) is 9.69. The molecule has 4 N–H and O–H groups in total. The zero-order valence-corrected chi connectivity index (χ0v) is 32.4. The lowest BCUT2D eigenvalue weighted by Gasteiger charge is -2.24. The van der Waals surface area contributed by atoms with Crippen molar-refractivity contribution >= 4 is 58.1 Å². The molecule has 14 nitrogen and oxygen atoms in total. The lowest BCUT2D eigenvalue weighted by molar-refractivity contribution is -0.125. The molecule has 0 radical (unpaired) electrons. The van der Waals surface area contributed by atoms with Crippen molar-refractivity contribution in [3.05, 3.63) is 68.1 Å². The molecule has 2 aromatic heterocycles. The molecule has 0 saturated heterocycles. The molecular weight excluding hydrogens is 717 g/mol. The largest absolute Gasteiger partial charge is 0.474 e. The van der Waals surface area contributed by atoms with Gasteiger partial charge in [0, 0.05) is 10.8 Å². The second kappa shape index (κ2) is 16.1. The average molecular weight is 763 g/mol. The third-order valence-corrected chi connectivity index (χ3v) is 11.7. The second-order valence-corrected chi connectivity index (χ2v) is 15.9. The van der Waals surface area contributed by atoms with Crippen LogP contribution in [0.25, 0.3) is 0 Å². The smallest absolute Gasteiger partial charge is 0.271 e. The summed E-state index contributed by atoms with van der Waals surface area (Å²) in [5.74, 6) is -1.27. The van der Waals surface area contributed by atoms with Crippen molar-refractivity contribution in [2.24, 2.45) is 21.8 Å². The van der Waals surface area contributed by atoms with Gasteiger partial charge in [0.15, 0.2) is 12.1 Å². The van der Waals surface area contributed by atoms with E-state index in [2.05, 4.69) is 31.2 Å². The Morgan fingerprint density at radius 1 is 0.717 bits per heavy atom. The first-order chi connectivity index (χ1) is 25.3. The van der Waals surface area contributed by atoms with Crippen molar-refractivity contribution in [2.75, 3.05) is 0 Å². The van der Waals surface area contributed by atoms with Gasteiger partial charge in [-0.2, -0.15) is 0 Å². The van der Waals surface area contributed by atoms with Crippen LogP contribution < -0.4 is 21.3 Å². The Hall–Kier alpha value is -4.70. The van der Waals surface area contributed by atoms with Crippen molar-refractivity contribution in [3.8, 4) is 0 Å². The van der Waals surface area contributed by atoms with Gasteiger partial charge in [0.2, 0.25) is 23.6 Å². The minimum absolute atomic E-state index is 0.0799. The molecule has 53 heavy (non-hydrogen) atoms. The number of aliphatic imine (C=N–C) groups is 2. The van der Waals surface area contributed by atoms with E-state index in [0.29, 0.717) is 22.9 Å². The van der Waals surface area contributed by atoms with E-state index in [-0.39, 0.29) is 46.8 Å². The minimum atomic E-state index is -0.888. The van der Waals surface area contributed by atoms with Crippen LogP contribution in [0.15, 0.2) is 51.1 Å². The number of fused-ring (bicyclic) bond motifs is 6. The molecule has 0 unspecified atom stereocenters. The summed E-state index contributed by atoms with van der Waals surface area (Å²) >= 11 is 2.52. The maximum absolute atomic E-state index is 14.0. The van der Waals surface area contributed by atoms with Gasteiger partial charge < -0.3 is 30.7 Å². The molecule has 0 saturated carbocycles. The van der Waals surface area contributed by atoms with Crippen molar-refractivity contribution in [3.63, 3.8) is 0 Å². The van der Waals surface area contributed by atoms with Crippen LogP contribution in [0.5, 0.6) is 0 Å².